The van der Waals surface area contributed by atoms with Gasteiger partial charge in [-0.25, -0.2) is 8.42 Å². The third-order valence-electron chi connectivity index (χ3n) is 2.08. The van der Waals surface area contributed by atoms with Gasteiger partial charge in [0.15, 0.2) is 9.84 Å². The minimum Gasteiger partial charge on any atom is -0.223 e. The van der Waals surface area contributed by atoms with Gasteiger partial charge in [0.1, 0.15) is 4.21 Å². The first-order chi connectivity index (χ1) is 7.47. The summed E-state index contributed by atoms with van der Waals surface area (Å²) in [5.41, 5.74) is 0.976. The van der Waals surface area contributed by atoms with Gasteiger partial charge in [-0.1, -0.05) is 23.7 Å². The lowest BCUT2D eigenvalue weighted by Gasteiger charge is -1.96. The molecule has 2 nitrogen and oxygen atoms in total. The topological polar surface area (TPSA) is 34.1 Å². The highest BCUT2D eigenvalue weighted by Gasteiger charge is 2.11. The molecule has 2 rings (SSSR count). The van der Waals surface area contributed by atoms with Crippen LogP contribution in [0.15, 0.2) is 40.6 Å². The van der Waals surface area contributed by atoms with Crippen molar-refractivity contribution < 1.29 is 8.42 Å². The molecule has 0 aliphatic heterocycles. The van der Waals surface area contributed by atoms with Crippen molar-refractivity contribution in [1.82, 2.24) is 0 Å². The van der Waals surface area contributed by atoms with Crippen molar-refractivity contribution in [2.45, 2.75) is 4.21 Å². The average molecular weight is 273 g/mol. The van der Waals surface area contributed by atoms with Crippen LogP contribution in [0.5, 0.6) is 0 Å². The zero-order chi connectivity index (χ0) is 11.8. The first-order valence-electron chi connectivity index (χ1n) is 4.52. The molecule has 0 radical (unpaired) electrons. The summed E-state index contributed by atoms with van der Waals surface area (Å²) in [5.74, 6) is 0. The first-order valence-corrected chi connectivity index (χ1v) is 7.61. The maximum absolute atomic E-state index is 11.3. The summed E-state index contributed by atoms with van der Waals surface area (Å²) >= 11 is 7.05. The number of sulfone groups is 1. The summed E-state index contributed by atoms with van der Waals surface area (Å²) in [5, 5.41) is 0.670. The zero-order valence-corrected chi connectivity index (χ0v) is 10.9. The summed E-state index contributed by atoms with van der Waals surface area (Å²) in [6, 6.07) is 10.8. The molecule has 0 bridgehead atoms. The lowest BCUT2D eigenvalue weighted by molar-refractivity contribution is 0.604. The molecule has 0 spiro atoms. The van der Waals surface area contributed by atoms with Gasteiger partial charge in [0, 0.05) is 16.2 Å². The normalized spacial score (nSPS) is 11.6. The molecule has 0 fully saturated rings. The Labute approximate surface area is 103 Å². The van der Waals surface area contributed by atoms with E-state index < -0.39 is 9.84 Å². The van der Waals surface area contributed by atoms with Crippen LogP contribution in [0, 0.1) is 0 Å². The van der Waals surface area contributed by atoms with E-state index in [0.717, 1.165) is 10.4 Å². The molecular weight excluding hydrogens is 264 g/mol. The van der Waals surface area contributed by atoms with Crippen LogP contribution in [-0.2, 0) is 9.84 Å². The lowest BCUT2D eigenvalue weighted by atomic mass is 10.2. The highest BCUT2D eigenvalue weighted by atomic mass is 35.5. The molecule has 0 N–H and O–H groups in total. The zero-order valence-electron chi connectivity index (χ0n) is 8.48. The SMILES string of the molecule is CS(=O)(=O)c1ccc(-c2ccc(Cl)cc2)s1. The molecule has 84 valence electrons. The first kappa shape index (κ1) is 11.6. The Hall–Kier alpha value is -0.840. The van der Waals surface area contributed by atoms with Gasteiger partial charge >= 0.3 is 0 Å². The van der Waals surface area contributed by atoms with E-state index in [1.165, 1.54) is 17.6 Å². The van der Waals surface area contributed by atoms with Crippen LogP contribution in [0.4, 0.5) is 0 Å². The summed E-state index contributed by atoms with van der Waals surface area (Å²) in [4.78, 5) is 0.928. The van der Waals surface area contributed by atoms with Gasteiger partial charge in [-0.3, -0.25) is 0 Å². The standard InChI is InChI=1S/C11H9ClO2S2/c1-16(13,14)11-7-6-10(15-11)8-2-4-9(12)5-3-8/h2-7H,1H3. The van der Waals surface area contributed by atoms with Gasteiger partial charge in [-0.2, -0.15) is 0 Å². The molecule has 0 amide bonds. The molecule has 1 heterocycles. The van der Waals surface area contributed by atoms with Crippen molar-refractivity contribution in [2.75, 3.05) is 6.26 Å². The van der Waals surface area contributed by atoms with Crippen LogP contribution < -0.4 is 0 Å². The van der Waals surface area contributed by atoms with Crippen molar-refractivity contribution in [3.63, 3.8) is 0 Å². The van der Waals surface area contributed by atoms with Crippen molar-refractivity contribution in [3.05, 3.63) is 41.4 Å². The molecule has 2 aromatic rings. The van der Waals surface area contributed by atoms with Crippen LogP contribution in [0.1, 0.15) is 0 Å². The molecule has 0 aliphatic carbocycles. The third-order valence-corrected chi connectivity index (χ3v) is 5.28. The van der Waals surface area contributed by atoms with Gasteiger partial charge in [0.2, 0.25) is 0 Å². The number of benzene rings is 1. The molecule has 16 heavy (non-hydrogen) atoms. The third kappa shape index (κ3) is 2.45. The minimum absolute atomic E-state index is 0.387. The van der Waals surface area contributed by atoms with Crippen LogP contribution in [0.3, 0.4) is 0 Å². The summed E-state index contributed by atoms with van der Waals surface area (Å²) < 4.78 is 23.0. The highest BCUT2D eigenvalue weighted by molar-refractivity contribution is 7.92. The molecule has 5 heteroatoms. The van der Waals surface area contributed by atoms with Crippen molar-refractivity contribution >= 4 is 32.8 Å². The maximum atomic E-state index is 11.3. The van der Waals surface area contributed by atoms with Crippen molar-refractivity contribution in [1.29, 1.82) is 0 Å². The van der Waals surface area contributed by atoms with E-state index in [1.54, 1.807) is 18.2 Å². The van der Waals surface area contributed by atoms with Crippen molar-refractivity contribution in [2.24, 2.45) is 0 Å². The van der Waals surface area contributed by atoms with Crippen molar-refractivity contribution in [3.8, 4) is 10.4 Å². The largest absolute Gasteiger partial charge is 0.223 e. The Morgan fingerprint density at radius 1 is 1.06 bits per heavy atom. The smallest absolute Gasteiger partial charge is 0.184 e. The quantitative estimate of drug-likeness (QED) is 0.839. The number of halogens is 1. The van der Waals surface area contributed by atoms with Gasteiger partial charge in [-0.15, -0.1) is 11.3 Å². The minimum atomic E-state index is -3.11. The monoisotopic (exact) mass is 272 g/mol. The molecule has 0 aliphatic rings. The second-order valence-corrected chi connectivity index (χ2v) is 7.16. The molecule has 0 saturated carbocycles. The molecule has 1 aromatic heterocycles. The Balaban J connectivity index is 2.43. The Morgan fingerprint density at radius 3 is 2.19 bits per heavy atom. The van der Waals surface area contributed by atoms with E-state index in [0.29, 0.717) is 9.23 Å². The van der Waals surface area contributed by atoms with E-state index in [1.807, 2.05) is 18.2 Å². The summed E-state index contributed by atoms with van der Waals surface area (Å²) in [6.07, 6.45) is 1.21. The fourth-order valence-corrected chi connectivity index (χ4v) is 3.35. The van der Waals surface area contributed by atoms with E-state index in [2.05, 4.69) is 0 Å². The van der Waals surface area contributed by atoms with Gasteiger partial charge in [0.25, 0.3) is 0 Å². The lowest BCUT2D eigenvalue weighted by Crippen LogP contribution is -1.91. The highest BCUT2D eigenvalue weighted by Crippen LogP contribution is 2.31. The number of thiophene rings is 1. The van der Waals surface area contributed by atoms with Crippen LogP contribution >= 0.6 is 22.9 Å². The number of rotatable bonds is 2. The van der Waals surface area contributed by atoms with E-state index >= 15 is 0 Å². The van der Waals surface area contributed by atoms with E-state index in [4.69, 9.17) is 11.6 Å². The fourth-order valence-electron chi connectivity index (χ4n) is 1.29. The Bertz CT molecular complexity index is 597. The molecule has 0 saturated heterocycles. The molecule has 0 atom stereocenters. The maximum Gasteiger partial charge on any atom is 0.184 e. The molecular formula is C11H9ClO2S2. The van der Waals surface area contributed by atoms with Crippen LogP contribution in [-0.4, -0.2) is 14.7 Å². The average Bonchev–Trinajstić information content (AvgIpc) is 2.67. The number of hydrogen-bond acceptors (Lipinski definition) is 3. The van der Waals surface area contributed by atoms with Gasteiger partial charge in [0.05, 0.1) is 0 Å². The van der Waals surface area contributed by atoms with Crippen LogP contribution in [0.25, 0.3) is 10.4 Å². The fraction of sp³-hybridized carbons (Fsp3) is 0.0909. The summed E-state index contributed by atoms with van der Waals surface area (Å²) in [6.45, 7) is 0. The van der Waals surface area contributed by atoms with Gasteiger partial charge in [-0.05, 0) is 29.8 Å². The molecule has 1 aromatic carbocycles. The predicted octanol–water partition coefficient (Wildman–Crippen LogP) is 3.47. The Kier molecular flexibility index (Phi) is 3.06. The van der Waals surface area contributed by atoms with Crippen LogP contribution in [0.2, 0.25) is 5.02 Å². The Morgan fingerprint density at radius 2 is 1.69 bits per heavy atom. The van der Waals surface area contributed by atoms with Gasteiger partial charge < -0.3 is 0 Å². The predicted molar refractivity (Wildman–Crippen MR) is 67.9 cm³/mol. The second-order valence-electron chi connectivity index (χ2n) is 3.40. The number of hydrogen-bond donors (Lipinski definition) is 0. The van der Waals surface area contributed by atoms with E-state index in [9.17, 15) is 8.42 Å². The van der Waals surface area contributed by atoms with E-state index in [-0.39, 0.29) is 0 Å². The molecule has 0 unspecified atom stereocenters. The summed E-state index contributed by atoms with van der Waals surface area (Å²) in [7, 11) is -3.11. The second kappa shape index (κ2) is 4.20.